The summed E-state index contributed by atoms with van der Waals surface area (Å²) in [4.78, 5) is 8.32. The van der Waals surface area contributed by atoms with E-state index in [4.69, 9.17) is 9.47 Å². The lowest BCUT2D eigenvalue weighted by molar-refractivity contribution is 0.0492. The Morgan fingerprint density at radius 2 is 2.00 bits per heavy atom. The van der Waals surface area contributed by atoms with Gasteiger partial charge >= 0.3 is 0 Å². The van der Waals surface area contributed by atoms with E-state index in [1.807, 2.05) is 37.3 Å². The molecule has 0 saturated heterocycles. The van der Waals surface area contributed by atoms with Crippen LogP contribution < -0.4 is 14.2 Å². The molecule has 0 radical (unpaired) electrons. The van der Waals surface area contributed by atoms with Crippen LogP contribution in [0.1, 0.15) is 31.7 Å². The number of fused-ring (bicyclic) bond motifs is 1. The first-order valence-corrected chi connectivity index (χ1v) is 12.6. The van der Waals surface area contributed by atoms with Gasteiger partial charge in [0.2, 0.25) is 15.9 Å². The number of sulfonamides is 1. The van der Waals surface area contributed by atoms with Gasteiger partial charge in [0.15, 0.2) is 5.72 Å². The van der Waals surface area contributed by atoms with Crippen LogP contribution in [0.4, 0.5) is 0 Å². The molecule has 1 aromatic carbocycles. The zero-order valence-electron chi connectivity index (χ0n) is 18.9. The van der Waals surface area contributed by atoms with E-state index in [1.165, 1.54) is 7.11 Å². The quantitative estimate of drug-likeness (QED) is 0.366. The predicted octanol–water partition coefficient (Wildman–Crippen LogP) is 3.55. The zero-order chi connectivity index (χ0) is 23.8. The highest BCUT2D eigenvalue weighted by molar-refractivity contribution is 7.90. The first-order chi connectivity index (χ1) is 16.4. The molecule has 3 heterocycles. The van der Waals surface area contributed by atoms with Gasteiger partial charge in [-0.2, -0.15) is 9.82 Å². The highest BCUT2D eigenvalue weighted by Crippen LogP contribution is 2.36. The van der Waals surface area contributed by atoms with E-state index in [0.717, 1.165) is 16.6 Å². The third kappa shape index (κ3) is 4.22. The summed E-state index contributed by atoms with van der Waals surface area (Å²) in [6.07, 6.45) is 8.41. The Labute approximate surface area is 197 Å². The van der Waals surface area contributed by atoms with E-state index in [0.29, 0.717) is 36.5 Å². The van der Waals surface area contributed by atoms with Crippen molar-refractivity contribution in [2.45, 2.75) is 37.2 Å². The van der Waals surface area contributed by atoms with Gasteiger partial charge in [-0.15, -0.1) is 0 Å². The fraction of sp³-hybridized carbons (Fsp3) is 0.292. The number of benzene rings is 1. The molecule has 176 valence electrons. The largest absolute Gasteiger partial charge is 0.481 e. The molecule has 1 aliphatic carbocycles. The minimum absolute atomic E-state index is 0.346. The second-order valence-electron chi connectivity index (χ2n) is 8.20. The Morgan fingerprint density at radius 3 is 2.71 bits per heavy atom. The normalized spacial score (nSPS) is 15.7. The number of ether oxygens (including phenoxy) is 2. The molecular weight excluding hydrogens is 454 g/mol. The lowest BCUT2D eigenvalue weighted by atomic mass is 10.0. The Morgan fingerprint density at radius 1 is 1.15 bits per heavy atom. The van der Waals surface area contributed by atoms with Crippen LogP contribution >= 0.6 is 0 Å². The molecule has 5 rings (SSSR count). The van der Waals surface area contributed by atoms with Crippen molar-refractivity contribution in [2.24, 2.45) is 0 Å². The first-order valence-electron chi connectivity index (χ1n) is 11.0. The molecule has 1 saturated carbocycles. The van der Waals surface area contributed by atoms with Crippen LogP contribution in [0, 0.1) is 0 Å². The van der Waals surface area contributed by atoms with E-state index in [9.17, 15) is 8.42 Å². The van der Waals surface area contributed by atoms with Crippen molar-refractivity contribution >= 4 is 20.9 Å². The van der Waals surface area contributed by atoms with Crippen molar-refractivity contribution < 1.29 is 17.9 Å². The van der Waals surface area contributed by atoms with Crippen molar-refractivity contribution in [3.05, 3.63) is 72.8 Å². The van der Waals surface area contributed by atoms with Gasteiger partial charge in [-0.1, -0.05) is 6.92 Å². The third-order valence-electron chi connectivity index (χ3n) is 5.90. The standard InChI is InChI=1S/C24H25N5O4S/c1-3-24(28-34(30,31)21-7-8-21,18-10-12-26-23(14-18)32-2)33-20-6-9-22-17(13-20)15-27-29(22)19-5-4-11-25-16-19/h4-6,9-16,21,28H,3,7-8H2,1-2H3. The Bertz CT molecular complexity index is 1420. The number of hydrogen-bond acceptors (Lipinski definition) is 7. The predicted molar refractivity (Wildman–Crippen MR) is 127 cm³/mol. The van der Waals surface area contributed by atoms with E-state index in [1.54, 1.807) is 41.6 Å². The third-order valence-corrected chi connectivity index (χ3v) is 7.86. The summed E-state index contributed by atoms with van der Waals surface area (Å²) in [5.74, 6) is 0.882. The highest BCUT2D eigenvalue weighted by Gasteiger charge is 2.44. The molecule has 9 nitrogen and oxygen atoms in total. The summed E-state index contributed by atoms with van der Waals surface area (Å²) in [6, 6.07) is 12.8. The number of rotatable bonds is 9. The number of pyridine rings is 2. The molecule has 0 aliphatic heterocycles. The van der Waals surface area contributed by atoms with Crippen LogP contribution in [-0.2, 0) is 15.7 Å². The molecule has 0 amide bonds. The number of methoxy groups -OCH3 is 1. The second kappa shape index (κ2) is 8.69. The van der Waals surface area contributed by atoms with Crippen molar-refractivity contribution in [2.75, 3.05) is 7.11 Å². The van der Waals surface area contributed by atoms with Gasteiger partial charge in [0.05, 0.1) is 36.0 Å². The van der Waals surface area contributed by atoms with Crippen LogP contribution in [0.3, 0.4) is 0 Å². The maximum absolute atomic E-state index is 13.0. The van der Waals surface area contributed by atoms with Crippen molar-refractivity contribution in [3.63, 3.8) is 0 Å². The van der Waals surface area contributed by atoms with Crippen LogP contribution in [0.25, 0.3) is 16.6 Å². The fourth-order valence-corrected chi connectivity index (χ4v) is 5.60. The monoisotopic (exact) mass is 479 g/mol. The molecule has 1 unspecified atom stereocenters. The lowest BCUT2D eigenvalue weighted by Gasteiger charge is -2.34. The second-order valence-corrected chi connectivity index (χ2v) is 10.2. The summed E-state index contributed by atoms with van der Waals surface area (Å²) in [6.45, 7) is 1.88. The first kappa shape index (κ1) is 22.3. The molecule has 10 heteroatoms. The maximum Gasteiger partial charge on any atom is 0.217 e. The van der Waals surface area contributed by atoms with Crippen LogP contribution in [0.2, 0.25) is 0 Å². The van der Waals surface area contributed by atoms with E-state index < -0.39 is 21.0 Å². The van der Waals surface area contributed by atoms with Crippen molar-refractivity contribution in [1.82, 2.24) is 24.5 Å². The van der Waals surface area contributed by atoms with E-state index >= 15 is 0 Å². The Balaban J connectivity index is 1.55. The highest BCUT2D eigenvalue weighted by atomic mass is 32.2. The summed E-state index contributed by atoms with van der Waals surface area (Å²) in [5.41, 5.74) is 1.00. The summed E-state index contributed by atoms with van der Waals surface area (Å²) in [7, 11) is -2.06. The minimum Gasteiger partial charge on any atom is -0.481 e. The van der Waals surface area contributed by atoms with Crippen molar-refractivity contribution in [1.29, 1.82) is 0 Å². The minimum atomic E-state index is -3.58. The SMILES string of the molecule is CCC(NS(=O)(=O)C1CC1)(Oc1ccc2c(cnn2-c2cccnc2)c1)c1ccnc(OC)c1. The number of hydrogen-bond donors (Lipinski definition) is 1. The Kier molecular flexibility index (Phi) is 5.70. The van der Waals surface area contributed by atoms with Gasteiger partial charge < -0.3 is 9.47 Å². The lowest BCUT2D eigenvalue weighted by Crippen LogP contribution is -2.51. The Hall–Kier alpha value is -3.50. The van der Waals surface area contributed by atoms with Crippen molar-refractivity contribution in [3.8, 4) is 17.3 Å². The van der Waals surface area contributed by atoms with Crippen LogP contribution in [0.5, 0.6) is 11.6 Å². The van der Waals surface area contributed by atoms with Gasteiger partial charge in [-0.05, 0) is 49.2 Å². The number of nitrogens with one attached hydrogen (secondary N) is 1. The molecule has 1 N–H and O–H groups in total. The van der Waals surface area contributed by atoms with Crippen LogP contribution in [0.15, 0.2) is 67.3 Å². The number of nitrogens with zero attached hydrogens (tertiary/aromatic N) is 4. The zero-order valence-corrected chi connectivity index (χ0v) is 19.7. The average molecular weight is 480 g/mol. The van der Waals surface area contributed by atoms with Crippen LogP contribution in [-0.4, -0.2) is 40.5 Å². The van der Waals surface area contributed by atoms with E-state index in [-0.39, 0.29) is 0 Å². The van der Waals surface area contributed by atoms with E-state index in [2.05, 4.69) is 19.8 Å². The summed E-state index contributed by atoms with van der Waals surface area (Å²) < 4.78 is 42.4. The maximum atomic E-state index is 13.0. The molecule has 4 aromatic rings. The molecular formula is C24H25N5O4S. The molecule has 3 aromatic heterocycles. The summed E-state index contributed by atoms with van der Waals surface area (Å²) in [5, 5.41) is 4.93. The van der Waals surface area contributed by atoms with Gasteiger partial charge in [-0.3, -0.25) is 4.98 Å². The fourth-order valence-electron chi connectivity index (χ4n) is 3.91. The van der Waals surface area contributed by atoms with Gasteiger partial charge in [0.1, 0.15) is 5.75 Å². The molecule has 0 bridgehead atoms. The number of aromatic nitrogens is 4. The van der Waals surface area contributed by atoms with Gasteiger partial charge in [-0.25, -0.2) is 18.1 Å². The molecule has 1 atom stereocenters. The van der Waals surface area contributed by atoms with Gasteiger partial charge in [0, 0.05) is 35.8 Å². The molecule has 1 fully saturated rings. The molecule has 34 heavy (non-hydrogen) atoms. The topological polar surface area (TPSA) is 108 Å². The smallest absolute Gasteiger partial charge is 0.217 e. The molecule has 0 spiro atoms. The average Bonchev–Trinajstić information content (AvgIpc) is 3.65. The summed E-state index contributed by atoms with van der Waals surface area (Å²) >= 11 is 0. The molecule has 1 aliphatic rings. The van der Waals surface area contributed by atoms with Gasteiger partial charge in [0.25, 0.3) is 0 Å².